The summed E-state index contributed by atoms with van der Waals surface area (Å²) in [7, 11) is 0. The quantitative estimate of drug-likeness (QED) is 0.661. The highest BCUT2D eigenvalue weighted by Gasteiger charge is 2.19. The molecule has 1 aliphatic heterocycles. The molecule has 2 unspecified atom stereocenters. The van der Waals surface area contributed by atoms with E-state index in [1.165, 1.54) is 58.2 Å². The minimum Gasteiger partial charge on any atom is -0.302 e. The van der Waals surface area contributed by atoms with Gasteiger partial charge in [0.25, 0.3) is 0 Å². The zero-order chi connectivity index (χ0) is 11.1. The Bertz CT molecular complexity index is 161. The Morgan fingerprint density at radius 2 is 2.20 bits per heavy atom. The van der Waals surface area contributed by atoms with Crippen molar-refractivity contribution in [2.45, 2.75) is 57.2 Å². The van der Waals surface area contributed by atoms with Gasteiger partial charge in [-0.2, -0.15) is 0 Å². The molecular weight excluding hydrogens is 250 g/mol. The van der Waals surface area contributed by atoms with Gasteiger partial charge in [-0.25, -0.2) is 0 Å². The van der Waals surface area contributed by atoms with E-state index in [4.69, 9.17) is 0 Å². The predicted octanol–water partition coefficient (Wildman–Crippen LogP) is 4.06. The zero-order valence-electron chi connectivity index (χ0n) is 10.3. The molecule has 2 atom stereocenters. The molecule has 0 radical (unpaired) electrons. The predicted molar refractivity (Wildman–Crippen MR) is 71.7 cm³/mol. The van der Waals surface area contributed by atoms with Crippen LogP contribution in [0, 0.1) is 5.92 Å². The molecule has 0 aliphatic carbocycles. The molecule has 0 amide bonds. The first-order chi connectivity index (χ1) is 7.26. The third-order valence-corrected chi connectivity index (χ3v) is 4.26. The summed E-state index contributed by atoms with van der Waals surface area (Å²) in [6, 6.07) is 0. The molecule has 1 heterocycles. The van der Waals surface area contributed by atoms with Gasteiger partial charge in [0.2, 0.25) is 0 Å². The van der Waals surface area contributed by atoms with Gasteiger partial charge in [0, 0.05) is 17.9 Å². The summed E-state index contributed by atoms with van der Waals surface area (Å²) < 4.78 is 0. The van der Waals surface area contributed by atoms with E-state index in [0.717, 1.165) is 10.7 Å². The average Bonchev–Trinajstić information content (AvgIpc) is 2.24. The van der Waals surface area contributed by atoms with E-state index in [2.05, 4.69) is 34.7 Å². The van der Waals surface area contributed by atoms with Crippen LogP contribution in [0.3, 0.4) is 0 Å². The number of halogens is 1. The second-order valence-electron chi connectivity index (χ2n) is 4.92. The lowest BCUT2D eigenvalue weighted by Crippen LogP contribution is -2.38. The van der Waals surface area contributed by atoms with Gasteiger partial charge in [0.05, 0.1) is 0 Å². The second-order valence-corrected chi connectivity index (χ2v) is 6.21. The van der Waals surface area contributed by atoms with Crippen molar-refractivity contribution >= 4 is 15.9 Å². The molecule has 0 aromatic carbocycles. The third kappa shape index (κ3) is 5.35. The molecule has 1 saturated heterocycles. The molecule has 1 nitrogen and oxygen atoms in total. The normalized spacial score (nSPS) is 25.4. The fraction of sp³-hybridized carbons (Fsp3) is 1.00. The molecule has 1 fully saturated rings. The van der Waals surface area contributed by atoms with Gasteiger partial charge < -0.3 is 4.90 Å². The van der Waals surface area contributed by atoms with Crippen molar-refractivity contribution < 1.29 is 0 Å². The van der Waals surface area contributed by atoms with Gasteiger partial charge in [-0.3, -0.25) is 0 Å². The Kier molecular flexibility index (Phi) is 6.91. The van der Waals surface area contributed by atoms with Crippen molar-refractivity contribution in [3.8, 4) is 0 Å². The van der Waals surface area contributed by atoms with Crippen LogP contribution in [0.1, 0.15) is 52.4 Å². The van der Waals surface area contributed by atoms with Crippen molar-refractivity contribution in [1.82, 2.24) is 4.90 Å². The van der Waals surface area contributed by atoms with Gasteiger partial charge in [-0.1, -0.05) is 49.0 Å². The minimum atomic E-state index is 0.745. The molecule has 15 heavy (non-hydrogen) atoms. The van der Waals surface area contributed by atoms with E-state index in [1.807, 2.05) is 0 Å². The van der Waals surface area contributed by atoms with E-state index in [1.54, 1.807) is 0 Å². The zero-order valence-corrected chi connectivity index (χ0v) is 11.9. The number of likely N-dealkylation sites (tertiary alicyclic amines) is 1. The molecule has 1 aliphatic rings. The van der Waals surface area contributed by atoms with Crippen LogP contribution in [0.5, 0.6) is 0 Å². The summed E-state index contributed by atoms with van der Waals surface area (Å²) >= 11 is 3.75. The summed E-state index contributed by atoms with van der Waals surface area (Å²) in [5.41, 5.74) is 0. The molecule has 0 aromatic rings. The summed E-state index contributed by atoms with van der Waals surface area (Å²) in [4.78, 5) is 3.40. The molecule has 0 N–H and O–H groups in total. The Hall–Kier alpha value is 0.440. The van der Waals surface area contributed by atoms with Gasteiger partial charge in [0.15, 0.2) is 0 Å². The Balaban J connectivity index is 2.24. The summed E-state index contributed by atoms with van der Waals surface area (Å²) in [6.07, 6.45) is 8.27. The second kappa shape index (κ2) is 7.67. The maximum Gasteiger partial charge on any atom is 0.0273 e. The summed E-state index contributed by atoms with van der Waals surface area (Å²) in [5, 5.41) is 0. The van der Waals surface area contributed by atoms with E-state index >= 15 is 0 Å². The van der Waals surface area contributed by atoms with E-state index in [9.17, 15) is 0 Å². The number of hydrogen-bond acceptors (Lipinski definition) is 1. The SMILES string of the molecule is CCCCC(CC)CN1CCCC(Br)C1. The van der Waals surface area contributed by atoms with E-state index in [-0.39, 0.29) is 0 Å². The Morgan fingerprint density at radius 3 is 2.80 bits per heavy atom. The number of alkyl halides is 1. The van der Waals surface area contributed by atoms with Gasteiger partial charge >= 0.3 is 0 Å². The average molecular weight is 276 g/mol. The monoisotopic (exact) mass is 275 g/mol. The number of nitrogens with zero attached hydrogens (tertiary/aromatic N) is 1. The Labute approximate surface area is 104 Å². The van der Waals surface area contributed by atoms with Crippen LogP contribution in [0.2, 0.25) is 0 Å². The molecule has 90 valence electrons. The fourth-order valence-electron chi connectivity index (χ4n) is 2.45. The Morgan fingerprint density at radius 1 is 1.40 bits per heavy atom. The third-order valence-electron chi connectivity index (χ3n) is 3.51. The van der Waals surface area contributed by atoms with Crippen LogP contribution in [0.15, 0.2) is 0 Å². The highest BCUT2D eigenvalue weighted by molar-refractivity contribution is 9.09. The van der Waals surface area contributed by atoms with Crippen molar-refractivity contribution in [2.24, 2.45) is 5.92 Å². The first kappa shape index (κ1) is 13.5. The molecule has 0 spiro atoms. The van der Waals surface area contributed by atoms with Crippen molar-refractivity contribution in [3.63, 3.8) is 0 Å². The van der Waals surface area contributed by atoms with Crippen molar-refractivity contribution in [3.05, 3.63) is 0 Å². The van der Waals surface area contributed by atoms with E-state index < -0.39 is 0 Å². The van der Waals surface area contributed by atoms with Crippen LogP contribution in [0.25, 0.3) is 0 Å². The number of unbranched alkanes of at least 4 members (excludes halogenated alkanes) is 1. The van der Waals surface area contributed by atoms with Crippen LogP contribution in [-0.2, 0) is 0 Å². The number of hydrogen-bond donors (Lipinski definition) is 0. The molecule has 0 aromatic heterocycles. The minimum absolute atomic E-state index is 0.745. The maximum absolute atomic E-state index is 3.75. The van der Waals surface area contributed by atoms with Gasteiger partial charge in [-0.05, 0) is 31.7 Å². The highest BCUT2D eigenvalue weighted by Crippen LogP contribution is 2.20. The molecule has 1 rings (SSSR count). The number of piperidine rings is 1. The van der Waals surface area contributed by atoms with Crippen LogP contribution in [0.4, 0.5) is 0 Å². The number of rotatable bonds is 6. The molecule has 2 heteroatoms. The lowest BCUT2D eigenvalue weighted by molar-refractivity contribution is 0.192. The summed E-state index contributed by atoms with van der Waals surface area (Å²) in [5.74, 6) is 0.933. The van der Waals surface area contributed by atoms with Crippen LogP contribution >= 0.6 is 15.9 Å². The first-order valence-corrected chi connectivity index (χ1v) is 7.54. The largest absolute Gasteiger partial charge is 0.302 e. The molecule has 0 saturated carbocycles. The first-order valence-electron chi connectivity index (χ1n) is 6.62. The molecular formula is C13H26BrN. The van der Waals surface area contributed by atoms with Crippen LogP contribution in [-0.4, -0.2) is 29.4 Å². The molecule has 0 bridgehead atoms. The fourth-order valence-corrected chi connectivity index (χ4v) is 3.18. The highest BCUT2D eigenvalue weighted by atomic mass is 79.9. The smallest absolute Gasteiger partial charge is 0.0273 e. The standard InChI is InChI=1S/C13H26BrN/c1-3-5-7-12(4-2)10-15-9-6-8-13(14)11-15/h12-13H,3-11H2,1-2H3. The van der Waals surface area contributed by atoms with Gasteiger partial charge in [0.1, 0.15) is 0 Å². The van der Waals surface area contributed by atoms with Crippen molar-refractivity contribution in [1.29, 1.82) is 0 Å². The van der Waals surface area contributed by atoms with Gasteiger partial charge in [-0.15, -0.1) is 0 Å². The van der Waals surface area contributed by atoms with Crippen molar-refractivity contribution in [2.75, 3.05) is 19.6 Å². The summed E-state index contributed by atoms with van der Waals surface area (Å²) in [6.45, 7) is 8.56. The van der Waals surface area contributed by atoms with Crippen LogP contribution < -0.4 is 0 Å². The maximum atomic E-state index is 3.75. The topological polar surface area (TPSA) is 3.24 Å². The lowest BCUT2D eigenvalue weighted by Gasteiger charge is -2.32. The van der Waals surface area contributed by atoms with E-state index in [0.29, 0.717) is 0 Å². The lowest BCUT2D eigenvalue weighted by atomic mass is 9.97.